The zero-order valence-corrected chi connectivity index (χ0v) is 19.4. The van der Waals surface area contributed by atoms with Crippen molar-refractivity contribution in [2.75, 3.05) is 32.3 Å². The molecule has 0 unspecified atom stereocenters. The zero-order valence-electron chi connectivity index (χ0n) is 18.6. The summed E-state index contributed by atoms with van der Waals surface area (Å²) in [7, 11) is 0.867. The van der Waals surface area contributed by atoms with Crippen molar-refractivity contribution in [2.45, 2.75) is 25.8 Å². The number of methoxy groups -OCH3 is 3. The molecule has 0 radical (unpaired) electrons. The maximum atomic E-state index is 12.9. The highest BCUT2D eigenvalue weighted by molar-refractivity contribution is 7.92. The number of anilines is 1. The van der Waals surface area contributed by atoms with Gasteiger partial charge in [-0.15, -0.1) is 0 Å². The summed E-state index contributed by atoms with van der Waals surface area (Å²) in [5, 5.41) is 2.90. The maximum absolute atomic E-state index is 12.9. The molecule has 0 saturated heterocycles. The first-order chi connectivity index (χ1) is 15.1. The van der Waals surface area contributed by atoms with Gasteiger partial charge in [0.15, 0.2) is 11.5 Å². The van der Waals surface area contributed by atoms with Crippen molar-refractivity contribution in [1.82, 2.24) is 5.32 Å². The van der Waals surface area contributed by atoms with E-state index >= 15 is 0 Å². The Morgan fingerprint density at radius 1 is 1.06 bits per heavy atom. The Bertz CT molecular complexity index is 1230. The predicted molar refractivity (Wildman–Crippen MR) is 121 cm³/mol. The Morgan fingerprint density at radius 2 is 1.75 bits per heavy atom. The van der Waals surface area contributed by atoms with Crippen LogP contribution in [0.2, 0.25) is 0 Å². The standard InChI is InChI=1S/C22H26N2O7S/c1-12(25)23-16-8-6-13-10-19(29-2)21(30-3)22(31-4)20(13)14-7-9-17(24-32(5,27)28)18(26)11-15(14)16/h7,9-11,16H,6,8H2,1-5H3,(H,23,25)(H,24,26)/t16-/m0/s1. The number of sulfonamides is 1. The summed E-state index contributed by atoms with van der Waals surface area (Å²) in [6.45, 7) is 1.40. The van der Waals surface area contributed by atoms with Crippen molar-refractivity contribution in [3.63, 3.8) is 0 Å². The van der Waals surface area contributed by atoms with Gasteiger partial charge in [0, 0.05) is 12.5 Å². The number of amides is 1. The van der Waals surface area contributed by atoms with E-state index in [0.29, 0.717) is 46.8 Å². The Hall–Kier alpha value is -3.27. The van der Waals surface area contributed by atoms with Gasteiger partial charge < -0.3 is 19.5 Å². The largest absolute Gasteiger partial charge is 0.493 e. The first-order valence-corrected chi connectivity index (χ1v) is 11.7. The lowest BCUT2D eigenvalue weighted by Crippen LogP contribution is -2.26. The molecule has 0 aliphatic heterocycles. The fourth-order valence-electron chi connectivity index (χ4n) is 3.99. The van der Waals surface area contributed by atoms with E-state index in [1.165, 1.54) is 40.4 Å². The molecule has 3 rings (SSSR count). The molecule has 2 aromatic carbocycles. The molecule has 1 aliphatic carbocycles. The van der Waals surface area contributed by atoms with Crippen molar-refractivity contribution in [1.29, 1.82) is 0 Å². The summed E-state index contributed by atoms with van der Waals surface area (Å²) in [5.74, 6) is 1.05. The van der Waals surface area contributed by atoms with Gasteiger partial charge >= 0.3 is 0 Å². The van der Waals surface area contributed by atoms with E-state index in [2.05, 4.69) is 10.0 Å². The van der Waals surface area contributed by atoms with Crippen LogP contribution in [0.4, 0.5) is 5.69 Å². The Balaban J connectivity index is 2.41. The summed E-state index contributed by atoms with van der Waals surface area (Å²) in [4.78, 5) is 24.8. The average Bonchev–Trinajstić information content (AvgIpc) is 2.95. The van der Waals surface area contributed by atoms with Gasteiger partial charge in [-0.1, -0.05) is 6.07 Å². The molecule has 2 aromatic rings. The molecule has 0 heterocycles. The molecule has 2 N–H and O–H groups in total. The number of carbonyl (C=O) groups is 1. The van der Waals surface area contributed by atoms with Gasteiger partial charge in [0.1, 0.15) is 0 Å². The topological polar surface area (TPSA) is 120 Å². The van der Waals surface area contributed by atoms with E-state index in [1.54, 1.807) is 6.07 Å². The van der Waals surface area contributed by atoms with Crippen LogP contribution in [-0.4, -0.2) is 41.9 Å². The number of nitrogens with one attached hydrogen (secondary N) is 2. The summed E-state index contributed by atoms with van der Waals surface area (Å²) < 4.78 is 42.4. The highest BCUT2D eigenvalue weighted by Crippen LogP contribution is 2.50. The fraction of sp³-hybridized carbons (Fsp3) is 0.364. The Morgan fingerprint density at radius 3 is 2.31 bits per heavy atom. The van der Waals surface area contributed by atoms with Crippen molar-refractivity contribution < 1.29 is 27.4 Å². The van der Waals surface area contributed by atoms with Crippen LogP contribution in [0.3, 0.4) is 0 Å². The van der Waals surface area contributed by atoms with Crippen LogP contribution in [0.1, 0.15) is 30.5 Å². The molecule has 1 atom stereocenters. The van der Waals surface area contributed by atoms with Gasteiger partial charge in [-0.2, -0.15) is 0 Å². The van der Waals surface area contributed by atoms with Crippen LogP contribution < -0.4 is 29.7 Å². The Labute approximate surface area is 186 Å². The molecule has 0 bridgehead atoms. The molecule has 10 heteroatoms. The van der Waals surface area contributed by atoms with Crippen LogP contribution in [0.15, 0.2) is 29.1 Å². The average molecular weight is 463 g/mol. The number of fused-ring (bicyclic) bond motifs is 3. The van der Waals surface area contributed by atoms with Crippen LogP contribution in [0.5, 0.6) is 17.2 Å². The van der Waals surface area contributed by atoms with E-state index in [1.807, 2.05) is 6.07 Å². The molecule has 32 heavy (non-hydrogen) atoms. The van der Waals surface area contributed by atoms with Gasteiger partial charge in [0.25, 0.3) is 0 Å². The summed E-state index contributed by atoms with van der Waals surface area (Å²) in [6, 6.07) is 5.80. The summed E-state index contributed by atoms with van der Waals surface area (Å²) in [5.41, 5.74) is 2.13. The molecule has 0 aromatic heterocycles. The van der Waals surface area contributed by atoms with Crippen LogP contribution in [0.25, 0.3) is 11.1 Å². The molecule has 9 nitrogen and oxygen atoms in total. The van der Waals surface area contributed by atoms with Gasteiger partial charge in [-0.25, -0.2) is 8.42 Å². The molecule has 0 fully saturated rings. The second-order valence-corrected chi connectivity index (χ2v) is 9.22. The van der Waals surface area contributed by atoms with Gasteiger partial charge in [-0.3, -0.25) is 14.3 Å². The highest BCUT2D eigenvalue weighted by atomic mass is 32.2. The van der Waals surface area contributed by atoms with Crippen LogP contribution >= 0.6 is 0 Å². The first-order valence-electron chi connectivity index (χ1n) is 9.85. The number of ether oxygens (including phenoxy) is 3. The van der Waals surface area contributed by atoms with Gasteiger partial charge in [-0.05, 0) is 47.7 Å². The minimum atomic E-state index is -3.67. The van der Waals surface area contributed by atoms with Crippen molar-refractivity contribution >= 4 is 21.6 Å². The van der Waals surface area contributed by atoms with E-state index in [4.69, 9.17) is 14.2 Å². The van der Waals surface area contributed by atoms with Gasteiger partial charge in [0.05, 0.1) is 39.3 Å². The first kappa shape index (κ1) is 23.4. The minimum Gasteiger partial charge on any atom is -0.493 e. The number of hydrogen-bond donors (Lipinski definition) is 2. The van der Waals surface area contributed by atoms with E-state index in [9.17, 15) is 18.0 Å². The number of hydrogen-bond acceptors (Lipinski definition) is 7. The second-order valence-electron chi connectivity index (χ2n) is 7.47. The molecule has 1 aliphatic rings. The van der Waals surface area contributed by atoms with Crippen molar-refractivity contribution in [3.8, 4) is 28.4 Å². The summed E-state index contributed by atoms with van der Waals surface area (Å²) in [6.07, 6.45) is 2.05. The van der Waals surface area contributed by atoms with E-state index in [-0.39, 0.29) is 11.6 Å². The molecule has 0 saturated carbocycles. The highest BCUT2D eigenvalue weighted by Gasteiger charge is 2.29. The lowest BCUT2D eigenvalue weighted by molar-refractivity contribution is -0.119. The van der Waals surface area contributed by atoms with Crippen molar-refractivity contribution in [2.24, 2.45) is 0 Å². The molecular weight excluding hydrogens is 436 g/mol. The lowest BCUT2D eigenvalue weighted by Gasteiger charge is -2.19. The third-order valence-corrected chi connectivity index (χ3v) is 5.80. The third kappa shape index (κ3) is 4.64. The second kappa shape index (κ2) is 9.07. The smallest absolute Gasteiger partial charge is 0.229 e. The number of benzene rings is 1. The number of aryl methyl sites for hydroxylation is 1. The molecule has 1 amide bonds. The molecule has 172 valence electrons. The van der Waals surface area contributed by atoms with Crippen LogP contribution in [-0.2, 0) is 21.2 Å². The number of rotatable bonds is 6. The summed E-state index contributed by atoms with van der Waals surface area (Å²) >= 11 is 0. The van der Waals surface area contributed by atoms with Crippen molar-refractivity contribution in [3.05, 3.63) is 45.6 Å². The normalized spacial score (nSPS) is 15.0. The van der Waals surface area contributed by atoms with E-state index < -0.39 is 21.5 Å². The molecular formula is C22H26N2O7S. The van der Waals surface area contributed by atoms with E-state index in [0.717, 1.165) is 11.8 Å². The zero-order chi connectivity index (χ0) is 23.6. The van der Waals surface area contributed by atoms with Crippen LogP contribution in [0, 0.1) is 0 Å². The molecule has 0 spiro atoms. The third-order valence-electron chi connectivity index (χ3n) is 5.21. The minimum absolute atomic E-state index is 0.0943. The monoisotopic (exact) mass is 462 g/mol. The number of carbonyl (C=O) groups excluding carboxylic acids is 1. The quantitative estimate of drug-likeness (QED) is 0.675. The Kier molecular flexibility index (Phi) is 6.63. The SMILES string of the molecule is COc1cc2c(c(OC)c1OC)-c1ccc(NS(C)(=O)=O)c(=O)cc1[C@@H](NC(C)=O)CC2. The fourth-order valence-corrected chi connectivity index (χ4v) is 4.56. The predicted octanol–water partition coefficient (Wildman–Crippen LogP) is 2.23. The maximum Gasteiger partial charge on any atom is 0.229 e. The lowest BCUT2D eigenvalue weighted by atomic mass is 9.95. The van der Waals surface area contributed by atoms with Gasteiger partial charge in [0.2, 0.25) is 27.1 Å².